The van der Waals surface area contributed by atoms with E-state index in [0.29, 0.717) is 17.0 Å². The molecule has 2 fully saturated rings. The molecule has 2 N–H and O–H groups in total. The Morgan fingerprint density at radius 1 is 1.10 bits per heavy atom. The van der Waals surface area contributed by atoms with Gasteiger partial charge in [0.25, 0.3) is 11.8 Å². The highest BCUT2D eigenvalue weighted by Gasteiger charge is 2.54. The van der Waals surface area contributed by atoms with Crippen molar-refractivity contribution < 1.29 is 14.7 Å². The first kappa shape index (κ1) is 21.9. The number of nitrogens with one attached hydrogen (secondary N) is 1. The van der Waals surface area contributed by atoms with Gasteiger partial charge in [0.2, 0.25) is 0 Å². The van der Waals surface area contributed by atoms with Gasteiger partial charge in [0, 0.05) is 0 Å². The molecular weight excluding hydrogens is 408 g/mol. The third-order valence-electron chi connectivity index (χ3n) is 6.76. The number of carbonyl (C=O) groups excluding carboxylic acids is 2. The minimum Gasteiger partial charge on any atom is -0.372 e. The summed E-state index contributed by atoms with van der Waals surface area (Å²) in [6.07, 6.45) is 4.91. The fourth-order valence-corrected chi connectivity index (χ4v) is 6.40. The standard InChI is InChI=1S/C25H30N2O3S/c1-3-19-14-16-24(17-15-19)27(22(28)18(2)31-24)26-23(29)25(30,20-10-6-4-7-11-20)21-12-8-5-9-13-21/h4-13,18-19,30H,3,14-17H2,1-2H3,(H,26,29). The van der Waals surface area contributed by atoms with Crippen molar-refractivity contribution in [3.63, 3.8) is 0 Å². The van der Waals surface area contributed by atoms with E-state index in [1.807, 2.05) is 19.1 Å². The predicted octanol–water partition coefficient (Wildman–Crippen LogP) is 4.21. The Morgan fingerprint density at radius 3 is 2.10 bits per heavy atom. The van der Waals surface area contributed by atoms with Crippen LogP contribution < -0.4 is 5.43 Å². The summed E-state index contributed by atoms with van der Waals surface area (Å²) in [5.41, 5.74) is 1.90. The van der Waals surface area contributed by atoms with Crippen molar-refractivity contribution in [1.29, 1.82) is 0 Å². The van der Waals surface area contributed by atoms with E-state index in [1.165, 1.54) is 5.01 Å². The highest BCUT2D eigenvalue weighted by Crippen LogP contribution is 2.51. The zero-order valence-corrected chi connectivity index (χ0v) is 18.9. The van der Waals surface area contributed by atoms with E-state index in [4.69, 9.17) is 0 Å². The summed E-state index contributed by atoms with van der Waals surface area (Å²) < 4.78 is 0. The molecule has 1 saturated carbocycles. The van der Waals surface area contributed by atoms with Crippen molar-refractivity contribution in [3.8, 4) is 0 Å². The summed E-state index contributed by atoms with van der Waals surface area (Å²) in [6.45, 7) is 4.10. The van der Waals surface area contributed by atoms with Gasteiger partial charge in [0.15, 0.2) is 5.60 Å². The summed E-state index contributed by atoms with van der Waals surface area (Å²) >= 11 is 1.64. The maximum atomic E-state index is 13.7. The average Bonchev–Trinajstić information content (AvgIpc) is 3.04. The second-order valence-corrected chi connectivity index (χ2v) is 10.3. The van der Waals surface area contributed by atoms with Crippen LogP contribution in [0.3, 0.4) is 0 Å². The van der Waals surface area contributed by atoms with Crippen LogP contribution in [0.2, 0.25) is 0 Å². The van der Waals surface area contributed by atoms with Crippen LogP contribution in [0.5, 0.6) is 0 Å². The molecule has 5 nitrogen and oxygen atoms in total. The zero-order chi connectivity index (χ0) is 22.1. The van der Waals surface area contributed by atoms with Crippen molar-refractivity contribution in [2.75, 3.05) is 0 Å². The number of carbonyl (C=O) groups is 2. The van der Waals surface area contributed by atoms with Gasteiger partial charge in [-0.2, -0.15) is 0 Å². The molecule has 31 heavy (non-hydrogen) atoms. The highest BCUT2D eigenvalue weighted by atomic mass is 32.2. The minimum atomic E-state index is -1.90. The van der Waals surface area contributed by atoms with Gasteiger partial charge in [-0.1, -0.05) is 74.0 Å². The number of amides is 2. The maximum Gasteiger partial charge on any atom is 0.279 e. The SMILES string of the molecule is CCC1CCC2(CC1)SC(C)C(=O)N2NC(=O)C(O)(c1ccccc1)c1ccccc1. The molecule has 1 saturated heterocycles. The molecule has 1 heterocycles. The van der Waals surface area contributed by atoms with Crippen LogP contribution in [0.15, 0.2) is 60.7 Å². The lowest BCUT2D eigenvalue weighted by molar-refractivity contribution is -0.152. The van der Waals surface area contributed by atoms with Crippen molar-refractivity contribution >= 4 is 23.6 Å². The van der Waals surface area contributed by atoms with Crippen molar-refractivity contribution in [1.82, 2.24) is 10.4 Å². The van der Waals surface area contributed by atoms with Gasteiger partial charge in [-0.25, -0.2) is 5.01 Å². The van der Waals surface area contributed by atoms with E-state index in [-0.39, 0.29) is 11.2 Å². The van der Waals surface area contributed by atoms with Crippen LogP contribution in [-0.2, 0) is 15.2 Å². The molecule has 4 rings (SSSR count). The van der Waals surface area contributed by atoms with Gasteiger partial charge in [-0.15, -0.1) is 11.8 Å². The van der Waals surface area contributed by atoms with Gasteiger partial charge < -0.3 is 5.11 Å². The van der Waals surface area contributed by atoms with Crippen molar-refractivity contribution in [3.05, 3.63) is 71.8 Å². The van der Waals surface area contributed by atoms with E-state index in [1.54, 1.807) is 60.3 Å². The molecule has 1 aliphatic heterocycles. The largest absolute Gasteiger partial charge is 0.372 e. The molecule has 1 spiro atoms. The van der Waals surface area contributed by atoms with Gasteiger partial charge in [-0.3, -0.25) is 15.0 Å². The van der Waals surface area contributed by atoms with E-state index < -0.39 is 16.4 Å². The summed E-state index contributed by atoms with van der Waals surface area (Å²) in [5.74, 6) is -0.0398. The monoisotopic (exact) mass is 438 g/mol. The number of aliphatic hydroxyl groups is 1. The fraction of sp³-hybridized carbons (Fsp3) is 0.440. The molecular formula is C25H30N2O3S. The van der Waals surface area contributed by atoms with E-state index in [2.05, 4.69) is 12.3 Å². The molecule has 1 aliphatic carbocycles. The van der Waals surface area contributed by atoms with Crippen LogP contribution >= 0.6 is 11.8 Å². The quantitative estimate of drug-likeness (QED) is 0.734. The number of hydrazine groups is 1. The lowest BCUT2D eigenvalue weighted by atomic mass is 9.83. The number of benzene rings is 2. The fourth-order valence-electron chi connectivity index (χ4n) is 4.82. The molecule has 2 aromatic carbocycles. The molecule has 2 amide bonds. The van der Waals surface area contributed by atoms with Crippen molar-refractivity contribution in [2.45, 2.75) is 61.7 Å². The second kappa shape index (κ2) is 8.67. The molecule has 2 aromatic rings. The molecule has 0 bridgehead atoms. The minimum absolute atomic E-state index is 0.100. The highest BCUT2D eigenvalue weighted by molar-refractivity contribution is 8.02. The van der Waals surface area contributed by atoms with Gasteiger partial charge >= 0.3 is 0 Å². The molecule has 1 unspecified atom stereocenters. The number of thioether (sulfide) groups is 1. The number of rotatable bonds is 5. The molecule has 1 atom stereocenters. The molecule has 164 valence electrons. The van der Waals surface area contributed by atoms with Crippen LogP contribution in [0.1, 0.15) is 57.1 Å². The van der Waals surface area contributed by atoms with Crippen LogP contribution in [0.25, 0.3) is 0 Å². The van der Waals surface area contributed by atoms with Crippen LogP contribution in [-0.4, -0.2) is 32.1 Å². The Morgan fingerprint density at radius 2 is 1.61 bits per heavy atom. The van der Waals surface area contributed by atoms with E-state index in [9.17, 15) is 14.7 Å². The normalized spacial score (nSPS) is 26.3. The average molecular weight is 439 g/mol. The lowest BCUT2D eigenvalue weighted by Crippen LogP contribution is -2.60. The number of hydrogen-bond acceptors (Lipinski definition) is 4. The topological polar surface area (TPSA) is 69.6 Å². The van der Waals surface area contributed by atoms with E-state index >= 15 is 0 Å². The molecule has 6 heteroatoms. The summed E-state index contributed by atoms with van der Waals surface area (Å²) in [4.78, 5) is 26.3. The zero-order valence-electron chi connectivity index (χ0n) is 18.1. The van der Waals surface area contributed by atoms with Crippen LogP contribution in [0, 0.1) is 5.92 Å². The predicted molar refractivity (Wildman–Crippen MR) is 123 cm³/mol. The van der Waals surface area contributed by atoms with Gasteiger partial charge in [0.05, 0.1) is 5.25 Å². The Bertz CT molecular complexity index is 887. The summed E-state index contributed by atoms with van der Waals surface area (Å²) in [5, 5.41) is 13.1. The third kappa shape index (κ3) is 3.87. The summed E-state index contributed by atoms with van der Waals surface area (Å²) in [7, 11) is 0. The van der Waals surface area contributed by atoms with E-state index in [0.717, 1.165) is 32.1 Å². The van der Waals surface area contributed by atoms with Gasteiger partial charge in [-0.05, 0) is 49.7 Å². The second-order valence-electron chi connectivity index (χ2n) is 8.61. The first-order valence-corrected chi connectivity index (χ1v) is 11.9. The number of hydrogen-bond donors (Lipinski definition) is 2. The molecule has 2 aliphatic rings. The Kier molecular flexibility index (Phi) is 6.13. The lowest BCUT2D eigenvalue weighted by Gasteiger charge is -2.43. The smallest absolute Gasteiger partial charge is 0.279 e. The Labute approximate surface area is 188 Å². The first-order chi connectivity index (χ1) is 14.9. The summed E-state index contributed by atoms with van der Waals surface area (Å²) in [6, 6.07) is 17.8. The maximum absolute atomic E-state index is 13.7. The van der Waals surface area contributed by atoms with Crippen LogP contribution in [0.4, 0.5) is 0 Å². The molecule has 0 aromatic heterocycles. The van der Waals surface area contributed by atoms with Gasteiger partial charge in [0.1, 0.15) is 4.87 Å². The van der Waals surface area contributed by atoms with Crippen molar-refractivity contribution in [2.24, 2.45) is 5.92 Å². The Balaban J connectivity index is 1.67. The third-order valence-corrected chi connectivity index (χ3v) is 8.35. The Hall–Kier alpha value is -2.31. The first-order valence-electron chi connectivity index (χ1n) is 11.1. The number of nitrogens with zero attached hydrogens (tertiary/aromatic N) is 1. The molecule has 0 radical (unpaired) electrons.